The van der Waals surface area contributed by atoms with Crippen LogP contribution in [-0.4, -0.2) is 30.7 Å². The number of H-pyrrole nitrogens is 1. The number of hydrogen-bond donors (Lipinski definition) is 2. The van der Waals surface area contributed by atoms with Crippen molar-refractivity contribution in [3.8, 4) is 11.5 Å². The van der Waals surface area contributed by atoms with E-state index in [1.807, 2.05) is 19.1 Å². The lowest BCUT2D eigenvalue weighted by Crippen LogP contribution is -2.17. The number of methoxy groups -OCH3 is 2. The van der Waals surface area contributed by atoms with Gasteiger partial charge in [-0.15, -0.1) is 0 Å². The van der Waals surface area contributed by atoms with Crippen LogP contribution in [0.3, 0.4) is 0 Å². The van der Waals surface area contributed by atoms with Gasteiger partial charge in [-0.05, 0) is 18.6 Å². The number of aromatic nitrogens is 2. The molecule has 0 saturated heterocycles. The van der Waals surface area contributed by atoms with Crippen molar-refractivity contribution in [3.05, 3.63) is 41.5 Å². The van der Waals surface area contributed by atoms with Gasteiger partial charge in [0.1, 0.15) is 17.3 Å². The predicted molar refractivity (Wildman–Crippen MR) is 73.8 cm³/mol. The lowest BCUT2D eigenvalue weighted by Gasteiger charge is -2.20. The Morgan fingerprint density at radius 2 is 2.11 bits per heavy atom. The van der Waals surface area contributed by atoms with E-state index in [9.17, 15) is 0 Å². The fourth-order valence-electron chi connectivity index (χ4n) is 2.30. The molecule has 1 aromatic carbocycles. The van der Waals surface area contributed by atoms with Crippen LogP contribution in [0.25, 0.3) is 0 Å². The number of ether oxygens (including phenoxy) is 2. The maximum Gasteiger partial charge on any atom is 0.126 e. The van der Waals surface area contributed by atoms with Crippen molar-refractivity contribution in [2.75, 3.05) is 20.8 Å². The molecule has 0 fully saturated rings. The second-order valence-corrected chi connectivity index (χ2v) is 4.32. The van der Waals surface area contributed by atoms with Crippen molar-refractivity contribution in [1.82, 2.24) is 9.97 Å². The van der Waals surface area contributed by atoms with Gasteiger partial charge in [-0.1, -0.05) is 0 Å². The van der Waals surface area contributed by atoms with Gasteiger partial charge in [-0.25, -0.2) is 4.98 Å². The van der Waals surface area contributed by atoms with E-state index in [4.69, 9.17) is 15.2 Å². The first-order chi connectivity index (χ1) is 9.21. The molecule has 19 heavy (non-hydrogen) atoms. The first-order valence-electron chi connectivity index (χ1n) is 6.13. The van der Waals surface area contributed by atoms with Gasteiger partial charge < -0.3 is 20.2 Å². The van der Waals surface area contributed by atoms with Crippen LogP contribution in [0.4, 0.5) is 0 Å². The maximum absolute atomic E-state index is 5.91. The summed E-state index contributed by atoms with van der Waals surface area (Å²) in [5, 5.41) is 0. The molecule has 0 spiro atoms. The second kappa shape index (κ2) is 5.75. The lowest BCUT2D eigenvalue weighted by atomic mass is 9.93. The molecule has 102 valence electrons. The van der Waals surface area contributed by atoms with Gasteiger partial charge in [-0.2, -0.15) is 0 Å². The molecule has 0 aliphatic rings. The fourth-order valence-corrected chi connectivity index (χ4v) is 2.30. The highest BCUT2D eigenvalue weighted by atomic mass is 16.5. The predicted octanol–water partition coefficient (Wildman–Crippen LogP) is 1.83. The van der Waals surface area contributed by atoms with Crippen molar-refractivity contribution >= 4 is 0 Å². The Kier molecular flexibility index (Phi) is 4.06. The zero-order valence-electron chi connectivity index (χ0n) is 11.4. The molecule has 3 N–H and O–H groups in total. The molecular weight excluding hydrogens is 242 g/mol. The van der Waals surface area contributed by atoms with Crippen LogP contribution in [0.2, 0.25) is 0 Å². The van der Waals surface area contributed by atoms with E-state index in [1.165, 1.54) is 0 Å². The third-order valence-corrected chi connectivity index (χ3v) is 3.21. The normalized spacial score (nSPS) is 12.2. The summed E-state index contributed by atoms with van der Waals surface area (Å²) in [6.45, 7) is 2.48. The molecule has 5 heteroatoms. The SMILES string of the molecule is COc1cc(C)c(C(CN)c2ncc[nH]2)c(OC)c1. The highest BCUT2D eigenvalue weighted by Gasteiger charge is 2.22. The van der Waals surface area contributed by atoms with E-state index in [-0.39, 0.29) is 5.92 Å². The number of hydrogen-bond acceptors (Lipinski definition) is 4. The molecule has 2 rings (SSSR count). The van der Waals surface area contributed by atoms with Gasteiger partial charge in [0.2, 0.25) is 0 Å². The molecule has 0 radical (unpaired) electrons. The van der Waals surface area contributed by atoms with E-state index >= 15 is 0 Å². The molecule has 1 heterocycles. The van der Waals surface area contributed by atoms with Gasteiger partial charge in [-0.3, -0.25) is 0 Å². The van der Waals surface area contributed by atoms with Crippen LogP contribution >= 0.6 is 0 Å². The molecule has 0 aliphatic carbocycles. The largest absolute Gasteiger partial charge is 0.497 e. The Labute approximate surface area is 112 Å². The summed E-state index contributed by atoms with van der Waals surface area (Å²) in [6.07, 6.45) is 3.52. The summed E-state index contributed by atoms with van der Waals surface area (Å²) >= 11 is 0. The fraction of sp³-hybridized carbons (Fsp3) is 0.357. The average Bonchev–Trinajstić information content (AvgIpc) is 2.94. The first-order valence-corrected chi connectivity index (χ1v) is 6.13. The van der Waals surface area contributed by atoms with E-state index in [2.05, 4.69) is 9.97 Å². The van der Waals surface area contributed by atoms with Crippen molar-refractivity contribution in [3.63, 3.8) is 0 Å². The minimum absolute atomic E-state index is 0.0177. The van der Waals surface area contributed by atoms with Crippen molar-refractivity contribution in [1.29, 1.82) is 0 Å². The summed E-state index contributed by atoms with van der Waals surface area (Å²) in [5.74, 6) is 2.36. The molecule has 0 amide bonds. The van der Waals surface area contributed by atoms with Crippen LogP contribution in [-0.2, 0) is 0 Å². The summed E-state index contributed by atoms with van der Waals surface area (Å²) < 4.78 is 10.7. The van der Waals surface area contributed by atoms with Crippen LogP contribution in [0.15, 0.2) is 24.5 Å². The molecule has 0 saturated carbocycles. The minimum atomic E-state index is -0.0177. The first kappa shape index (κ1) is 13.4. The van der Waals surface area contributed by atoms with Gasteiger partial charge in [0, 0.05) is 30.6 Å². The smallest absolute Gasteiger partial charge is 0.126 e. The number of aromatic amines is 1. The van der Waals surface area contributed by atoms with E-state index in [0.717, 1.165) is 28.5 Å². The summed E-state index contributed by atoms with van der Waals surface area (Å²) in [7, 11) is 3.29. The molecular formula is C14H19N3O2. The number of nitrogens with two attached hydrogens (primary N) is 1. The lowest BCUT2D eigenvalue weighted by molar-refractivity contribution is 0.388. The van der Waals surface area contributed by atoms with Crippen LogP contribution in [0.5, 0.6) is 11.5 Å². The van der Waals surface area contributed by atoms with E-state index < -0.39 is 0 Å². The Morgan fingerprint density at radius 3 is 2.63 bits per heavy atom. The minimum Gasteiger partial charge on any atom is -0.497 e. The molecule has 1 unspecified atom stereocenters. The molecule has 0 aliphatic heterocycles. The van der Waals surface area contributed by atoms with Gasteiger partial charge >= 0.3 is 0 Å². The third kappa shape index (κ3) is 2.56. The van der Waals surface area contributed by atoms with Gasteiger partial charge in [0.25, 0.3) is 0 Å². The number of nitrogens with zero attached hydrogens (tertiary/aromatic N) is 1. The molecule has 2 aromatic rings. The monoisotopic (exact) mass is 261 g/mol. The standard InChI is InChI=1S/C14H19N3O2/c1-9-6-10(18-2)7-12(19-3)13(9)11(8-15)14-16-4-5-17-14/h4-7,11H,8,15H2,1-3H3,(H,16,17). The van der Waals surface area contributed by atoms with Crippen molar-refractivity contribution < 1.29 is 9.47 Å². The average molecular weight is 261 g/mol. The number of imidazole rings is 1. The Balaban J connectivity index is 2.53. The van der Waals surface area contributed by atoms with Crippen molar-refractivity contribution in [2.24, 2.45) is 5.73 Å². The highest BCUT2D eigenvalue weighted by molar-refractivity contribution is 5.50. The second-order valence-electron chi connectivity index (χ2n) is 4.32. The molecule has 1 aromatic heterocycles. The van der Waals surface area contributed by atoms with Crippen LogP contribution in [0, 0.1) is 6.92 Å². The van der Waals surface area contributed by atoms with E-state index in [0.29, 0.717) is 6.54 Å². The number of benzene rings is 1. The van der Waals surface area contributed by atoms with Gasteiger partial charge in [0.15, 0.2) is 0 Å². The van der Waals surface area contributed by atoms with Crippen LogP contribution < -0.4 is 15.2 Å². The van der Waals surface area contributed by atoms with Gasteiger partial charge in [0.05, 0.1) is 20.1 Å². The summed E-state index contributed by atoms with van der Waals surface area (Å²) in [5.41, 5.74) is 8.03. The quantitative estimate of drug-likeness (QED) is 0.861. The Hall–Kier alpha value is -2.01. The molecule has 0 bridgehead atoms. The van der Waals surface area contributed by atoms with Crippen molar-refractivity contribution in [2.45, 2.75) is 12.8 Å². The molecule has 5 nitrogen and oxygen atoms in total. The molecule has 1 atom stereocenters. The topological polar surface area (TPSA) is 73.2 Å². The number of nitrogens with one attached hydrogen (secondary N) is 1. The number of rotatable bonds is 5. The summed E-state index contributed by atoms with van der Waals surface area (Å²) in [4.78, 5) is 7.42. The third-order valence-electron chi connectivity index (χ3n) is 3.21. The highest BCUT2D eigenvalue weighted by Crippen LogP contribution is 2.35. The van der Waals surface area contributed by atoms with Crippen LogP contribution in [0.1, 0.15) is 22.9 Å². The summed E-state index contributed by atoms with van der Waals surface area (Å²) in [6, 6.07) is 3.84. The zero-order chi connectivity index (χ0) is 13.8. The number of aryl methyl sites for hydroxylation is 1. The Morgan fingerprint density at radius 1 is 1.32 bits per heavy atom. The van der Waals surface area contributed by atoms with E-state index in [1.54, 1.807) is 26.6 Å². The zero-order valence-corrected chi connectivity index (χ0v) is 11.4. The maximum atomic E-state index is 5.91. The Bertz CT molecular complexity index is 538.